The molecule has 7 heteroatoms. The van der Waals surface area contributed by atoms with Crippen LogP contribution in [0.3, 0.4) is 0 Å². The van der Waals surface area contributed by atoms with Gasteiger partial charge in [0, 0.05) is 29.4 Å². The van der Waals surface area contributed by atoms with Crippen LogP contribution in [0.2, 0.25) is 0 Å². The molecule has 0 atom stereocenters. The molecule has 22 heavy (non-hydrogen) atoms. The second-order valence-corrected chi connectivity index (χ2v) is 7.51. The summed E-state index contributed by atoms with van der Waals surface area (Å²) in [5.74, 6) is -0.102. The van der Waals surface area contributed by atoms with Crippen molar-refractivity contribution in [3.8, 4) is 9.88 Å². The van der Waals surface area contributed by atoms with Crippen molar-refractivity contribution in [2.75, 3.05) is 6.54 Å². The fourth-order valence-corrected chi connectivity index (χ4v) is 4.37. The van der Waals surface area contributed by atoms with Gasteiger partial charge in [0.15, 0.2) is 0 Å². The van der Waals surface area contributed by atoms with Gasteiger partial charge in [-0.25, -0.2) is 9.97 Å². The first-order chi connectivity index (χ1) is 10.7. The van der Waals surface area contributed by atoms with Gasteiger partial charge in [-0.1, -0.05) is 6.07 Å². The normalized spacial score (nSPS) is 10.8. The second kappa shape index (κ2) is 7.13. The molecule has 1 amide bonds. The molecule has 114 valence electrons. The molecule has 0 aliphatic heterocycles. The second-order valence-electron chi connectivity index (χ2n) is 4.76. The highest BCUT2D eigenvalue weighted by atomic mass is 32.1. The van der Waals surface area contributed by atoms with Crippen molar-refractivity contribution in [1.82, 2.24) is 15.3 Å². The fourth-order valence-electron chi connectivity index (χ4n) is 1.94. The summed E-state index contributed by atoms with van der Waals surface area (Å²) in [7, 11) is 0. The Morgan fingerprint density at radius 2 is 2.14 bits per heavy atom. The maximum absolute atomic E-state index is 12.1. The Kier molecular flexibility index (Phi) is 4.97. The number of hydrogen-bond acceptors (Lipinski definition) is 6. The monoisotopic (exact) mass is 349 g/mol. The molecular weight excluding hydrogens is 334 g/mol. The predicted octanol–water partition coefficient (Wildman–Crippen LogP) is 4.00. The minimum atomic E-state index is -0.102. The van der Waals surface area contributed by atoms with Crippen LogP contribution in [0.5, 0.6) is 0 Å². The van der Waals surface area contributed by atoms with Gasteiger partial charge in [-0.05, 0) is 24.8 Å². The van der Waals surface area contributed by atoms with Crippen LogP contribution in [0.25, 0.3) is 9.88 Å². The highest BCUT2D eigenvalue weighted by Crippen LogP contribution is 2.27. The van der Waals surface area contributed by atoms with Gasteiger partial charge in [-0.2, -0.15) is 0 Å². The van der Waals surface area contributed by atoms with Crippen molar-refractivity contribution in [3.05, 3.63) is 44.7 Å². The van der Waals surface area contributed by atoms with Crippen molar-refractivity contribution in [3.63, 3.8) is 0 Å². The zero-order valence-electron chi connectivity index (χ0n) is 12.0. The number of nitrogens with zero attached hydrogens (tertiary/aromatic N) is 2. The molecule has 3 aromatic rings. The van der Waals surface area contributed by atoms with Gasteiger partial charge in [-0.3, -0.25) is 4.79 Å². The number of hydrogen-bond donors (Lipinski definition) is 1. The third-order valence-corrected chi connectivity index (χ3v) is 5.90. The molecule has 3 aromatic heterocycles. The van der Waals surface area contributed by atoms with Crippen LogP contribution in [-0.4, -0.2) is 22.4 Å². The molecule has 0 bridgehead atoms. The van der Waals surface area contributed by atoms with Crippen LogP contribution >= 0.6 is 34.0 Å². The predicted molar refractivity (Wildman–Crippen MR) is 92.9 cm³/mol. The maximum Gasteiger partial charge on any atom is 0.270 e. The Morgan fingerprint density at radius 1 is 1.23 bits per heavy atom. The van der Waals surface area contributed by atoms with E-state index in [9.17, 15) is 4.79 Å². The molecule has 3 heterocycles. The van der Waals surface area contributed by atoms with Crippen LogP contribution in [0.4, 0.5) is 0 Å². The Morgan fingerprint density at radius 3 is 2.86 bits per heavy atom. The van der Waals surface area contributed by atoms with E-state index in [-0.39, 0.29) is 5.91 Å². The molecule has 0 aliphatic rings. The lowest BCUT2D eigenvalue weighted by atomic mass is 10.3. The largest absolute Gasteiger partial charge is 0.351 e. The van der Waals surface area contributed by atoms with Crippen LogP contribution in [-0.2, 0) is 6.42 Å². The first-order valence-corrected chi connectivity index (χ1v) is 9.55. The summed E-state index contributed by atoms with van der Waals surface area (Å²) in [4.78, 5) is 22.0. The van der Waals surface area contributed by atoms with Gasteiger partial charge in [-0.15, -0.1) is 34.0 Å². The van der Waals surface area contributed by atoms with E-state index in [0.29, 0.717) is 12.2 Å². The van der Waals surface area contributed by atoms with Gasteiger partial charge >= 0.3 is 0 Å². The Labute approximate surface area is 140 Å². The third-order valence-electron chi connectivity index (χ3n) is 2.99. The van der Waals surface area contributed by atoms with Crippen molar-refractivity contribution >= 4 is 39.9 Å². The maximum atomic E-state index is 12.1. The first kappa shape index (κ1) is 15.3. The van der Waals surface area contributed by atoms with Crippen molar-refractivity contribution in [1.29, 1.82) is 0 Å². The van der Waals surface area contributed by atoms with E-state index in [1.807, 2.05) is 29.8 Å². The van der Waals surface area contributed by atoms with Crippen molar-refractivity contribution in [2.45, 2.75) is 19.8 Å². The molecule has 0 radical (unpaired) electrons. The van der Waals surface area contributed by atoms with Gasteiger partial charge in [0.25, 0.3) is 5.91 Å². The topological polar surface area (TPSA) is 54.9 Å². The van der Waals surface area contributed by atoms with Crippen LogP contribution < -0.4 is 5.32 Å². The number of aromatic nitrogens is 2. The highest BCUT2D eigenvalue weighted by molar-refractivity contribution is 7.20. The lowest BCUT2D eigenvalue weighted by molar-refractivity contribution is 0.0949. The number of nitrogens with one attached hydrogen (secondary N) is 1. The van der Waals surface area contributed by atoms with E-state index in [2.05, 4.69) is 20.7 Å². The Balaban J connectivity index is 1.48. The molecule has 0 spiro atoms. The molecule has 0 unspecified atom stereocenters. The zero-order chi connectivity index (χ0) is 15.4. The molecule has 0 fully saturated rings. The summed E-state index contributed by atoms with van der Waals surface area (Å²) in [6.07, 6.45) is 1.79. The first-order valence-electron chi connectivity index (χ1n) is 6.91. The molecule has 1 N–H and O–H groups in total. The van der Waals surface area contributed by atoms with Crippen LogP contribution in [0.15, 0.2) is 28.3 Å². The molecule has 0 saturated heterocycles. The standard InChI is InChI=1S/C15H15N3OS3/c1-10-8-21-13(17-10)5-2-6-16-14(19)11-9-22-15(18-11)12-4-3-7-20-12/h3-4,7-9H,2,5-6H2,1H3,(H,16,19). The van der Waals surface area contributed by atoms with Gasteiger partial charge in [0.1, 0.15) is 10.7 Å². The number of aryl methyl sites for hydroxylation is 2. The van der Waals surface area contributed by atoms with E-state index in [1.165, 1.54) is 11.3 Å². The fraction of sp³-hybridized carbons (Fsp3) is 0.267. The zero-order valence-corrected chi connectivity index (χ0v) is 14.5. The number of carbonyl (C=O) groups is 1. The van der Waals surface area contributed by atoms with Crippen molar-refractivity contribution < 1.29 is 4.79 Å². The number of thiophene rings is 1. The van der Waals surface area contributed by atoms with E-state index in [1.54, 1.807) is 22.7 Å². The highest BCUT2D eigenvalue weighted by Gasteiger charge is 2.11. The molecule has 0 aliphatic carbocycles. The summed E-state index contributed by atoms with van der Waals surface area (Å²) in [6, 6.07) is 4.00. The summed E-state index contributed by atoms with van der Waals surface area (Å²) in [5, 5.41) is 10.8. The average Bonchev–Trinajstić information content (AvgIpc) is 3.23. The van der Waals surface area contributed by atoms with Crippen molar-refractivity contribution in [2.24, 2.45) is 0 Å². The minimum absolute atomic E-state index is 0.102. The van der Waals surface area contributed by atoms with E-state index in [0.717, 1.165) is 33.4 Å². The Hall–Kier alpha value is -1.57. The molecule has 0 aromatic carbocycles. The molecule has 3 rings (SSSR count). The number of carbonyl (C=O) groups excluding carboxylic acids is 1. The van der Waals surface area contributed by atoms with Crippen LogP contribution in [0.1, 0.15) is 27.6 Å². The minimum Gasteiger partial charge on any atom is -0.351 e. The summed E-state index contributed by atoms with van der Waals surface area (Å²) >= 11 is 4.81. The number of thiazole rings is 2. The quantitative estimate of drug-likeness (QED) is 0.684. The summed E-state index contributed by atoms with van der Waals surface area (Å²) in [6.45, 7) is 2.64. The van der Waals surface area contributed by atoms with E-state index >= 15 is 0 Å². The number of rotatable bonds is 6. The van der Waals surface area contributed by atoms with Gasteiger partial charge < -0.3 is 5.32 Å². The Bertz CT molecular complexity index is 746. The summed E-state index contributed by atoms with van der Waals surface area (Å²) < 4.78 is 0. The van der Waals surface area contributed by atoms with Gasteiger partial charge in [0.2, 0.25) is 0 Å². The lowest BCUT2D eigenvalue weighted by Gasteiger charge is -2.01. The average molecular weight is 350 g/mol. The number of amides is 1. The summed E-state index contributed by atoms with van der Waals surface area (Å²) in [5.41, 5.74) is 1.56. The van der Waals surface area contributed by atoms with E-state index in [4.69, 9.17) is 0 Å². The molecule has 0 saturated carbocycles. The SMILES string of the molecule is Cc1csc(CCCNC(=O)c2csc(-c3cccs3)n2)n1. The lowest BCUT2D eigenvalue weighted by Crippen LogP contribution is -2.25. The smallest absolute Gasteiger partial charge is 0.270 e. The van der Waals surface area contributed by atoms with E-state index < -0.39 is 0 Å². The molecule has 4 nitrogen and oxygen atoms in total. The third kappa shape index (κ3) is 3.79. The van der Waals surface area contributed by atoms with Crippen LogP contribution in [0, 0.1) is 6.92 Å². The van der Waals surface area contributed by atoms with Gasteiger partial charge in [0.05, 0.1) is 9.88 Å². The molecular formula is C15H15N3OS3.